The molecule has 0 bridgehead atoms. The zero-order valence-corrected chi connectivity index (χ0v) is 11.3. The van der Waals surface area contributed by atoms with Gasteiger partial charge < -0.3 is 14.8 Å². The number of hydrogen-bond acceptors (Lipinski definition) is 3. The quantitative estimate of drug-likeness (QED) is 0.889. The van der Waals surface area contributed by atoms with Crippen LogP contribution in [0.3, 0.4) is 0 Å². The summed E-state index contributed by atoms with van der Waals surface area (Å²) < 4.78 is 2.13. The Balaban J connectivity index is 1.87. The Morgan fingerprint density at radius 1 is 1.44 bits per heavy atom. The summed E-state index contributed by atoms with van der Waals surface area (Å²) in [5.41, 5.74) is 3.55. The van der Waals surface area contributed by atoms with Crippen LogP contribution < -0.4 is 10.2 Å². The fourth-order valence-corrected chi connectivity index (χ4v) is 2.52. The molecule has 2 aromatic rings. The van der Waals surface area contributed by atoms with Crippen molar-refractivity contribution < 1.29 is 0 Å². The van der Waals surface area contributed by atoms with Crippen molar-refractivity contribution >= 4 is 16.7 Å². The SMILES string of the molecule is Cc1nc2cc(N(C)CC3CNC3)ccc2n1C. The Morgan fingerprint density at radius 3 is 2.89 bits per heavy atom. The Bertz CT molecular complexity index is 568. The lowest BCUT2D eigenvalue weighted by molar-refractivity contribution is 0.353. The summed E-state index contributed by atoms with van der Waals surface area (Å²) in [7, 11) is 4.23. The average Bonchev–Trinajstić information content (AvgIpc) is 2.59. The van der Waals surface area contributed by atoms with Crippen LogP contribution in [0.4, 0.5) is 5.69 Å². The molecule has 0 unspecified atom stereocenters. The van der Waals surface area contributed by atoms with Crippen molar-refractivity contribution in [2.45, 2.75) is 6.92 Å². The summed E-state index contributed by atoms with van der Waals surface area (Å²) in [4.78, 5) is 6.92. The summed E-state index contributed by atoms with van der Waals surface area (Å²) in [5.74, 6) is 1.85. The number of nitrogens with zero attached hydrogens (tertiary/aromatic N) is 3. The van der Waals surface area contributed by atoms with Crippen molar-refractivity contribution in [3.8, 4) is 0 Å². The van der Waals surface area contributed by atoms with Crippen molar-refractivity contribution in [2.24, 2.45) is 13.0 Å². The van der Waals surface area contributed by atoms with E-state index in [1.807, 2.05) is 6.92 Å². The first kappa shape index (κ1) is 11.5. The van der Waals surface area contributed by atoms with E-state index in [-0.39, 0.29) is 0 Å². The monoisotopic (exact) mass is 244 g/mol. The topological polar surface area (TPSA) is 33.1 Å². The van der Waals surface area contributed by atoms with Gasteiger partial charge in [-0.2, -0.15) is 0 Å². The normalized spacial score (nSPS) is 15.9. The number of nitrogens with one attached hydrogen (secondary N) is 1. The third kappa shape index (κ3) is 1.86. The van der Waals surface area contributed by atoms with E-state index >= 15 is 0 Å². The molecule has 4 heteroatoms. The van der Waals surface area contributed by atoms with Crippen molar-refractivity contribution in [2.75, 3.05) is 31.6 Å². The molecule has 1 saturated heterocycles. The van der Waals surface area contributed by atoms with Gasteiger partial charge in [0.15, 0.2) is 0 Å². The number of aryl methyl sites for hydroxylation is 2. The number of aromatic nitrogens is 2. The van der Waals surface area contributed by atoms with E-state index < -0.39 is 0 Å². The Hall–Kier alpha value is -1.55. The van der Waals surface area contributed by atoms with Gasteiger partial charge in [-0.1, -0.05) is 0 Å². The van der Waals surface area contributed by atoms with Crippen molar-refractivity contribution in [3.05, 3.63) is 24.0 Å². The number of rotatable bonds is 3. The van der Waals surface area contributed by atoms with Gasteiger partial charge in [0.05, 0.1) is 11.0 Å². The molecule has 0 amide bonds. The first-order valence-corrected chi connectivity index (χ1v) is 6.50. The molecule has 96 valence electrons. The molecule has 1 N–H and O–H groups in total. The summed E-state index contributed by atoms with van der Waals surface area (Å²) in [5, 5.41) is 3.32. The molecule has 4 nitrogen and oxygen atoms in total. The van der Waals surface area contributed by atoms with Crippen molar-refractivity contribution in [3.63, 3.8) is 0 Å². The summed E-state index contributed by atoms with van der Waals surface area (Å²) >= 11 is 0. The van der Waals surface area contributed by atoms with E-state index in [0.717, 1.165) is 36.9 Å². The van der Waals surface area contributed by atoms with Gasteiger partial charge in [0.25, 0.3) is 0 Å². The lowest BCUT2D eigenvalue weighted by atomic mass is 10.0. The van der Waals surface area contributed by atoms with E-state index in [0.29, 0.717) is 0 Å². The fraction of sp³-hybridized carbons (Fsp3) is 0.500. The van der Waals surface area contributed by atoms with Crippen LogP contribution in [0.5, 0.6) is 0 Å². The predicted molar refractivity (Wildman–Crippen MR) is 75.1 cm³/mol. The van der Waals surface area contributed by atoms with Gasteiger partial charge in [-0.25, -0.2) is 4.98 Å². The van der Waals surface area contributed by atoms with Crippen LogP contribution >= 0.6 is 0 Å². The molecule has 1 fully saturated rings. The van der Waals surface area contributed by atoms with Gasteiger partial charge in [-0.3, -0.25) is 0 Å². The van der Waals surface area contributed by atoms with Crippen LogP contribution in [-0.4, -0.2) is 36.2 Å². The van der Waals surface area contributed by atoms with Crippen molar-refractivity contribution in [1.29, 1.82) is 0 Å². The first-order chi connectivity index (χ1) is 8.65. The van der Waals surface area contributed by atoms with Gasteiger partial charge in [-0.05, 0) is 25.1 Å². The molecule has 0 saturated carbocycles. The molecule has 18 heavy (non-hydrogen) atoms. The molecule has 3 rings (SSSR count). The Labute approximate surface area is 108 Å². The first-order valence-electron chi connectivity index (χ1n) is 6.50. The molecule has 0 atom stereocenters. The largest absolute Gasteiger partial charge is 0.374 e. The smallest absolute Gasteiger partial charge is 0.106 e. The number of hydrogen-bond donors (Lipinski definition) is 1. The Kier molecular flexibility index (Phi) is 2.74. The van der Waals surface area contributed by atoms with E-state index in [2.05, 4.69) is 52.1 Å². The second-order valence-corrected chi connectivity index (χ2v) is 5.30. The number of anilines is 1. The molecular formula is C14H20N4. The average molecular weight is 244 g/mol. The summed E-state index contributed by atoms with van der Waals surface area (Å²) in [6, 6.07) is 6.55. The summed E-state index contributed by atoms with van der Waals surface area (Å²) in [6.07, 6.45) is 0. The molecule has 2 heterocycles. The van der Waals surface area contributed by atoms with Crippen molar-refractivity contribution in [1.82, 2.24) is 14.9 Å². The minimum Gasteiger partial charge on any atom is -0.374 e. The highest BCUT2D eigenvalue weighted by Crippen LogP contribution is 2.22. The van der Waals surface area contributed by atoms with Crippen LogP contribution in [0.25, 0.3) is 11.0 Å². The standard InChI is InChI=1S/C14H20N4/c1-10-16-13-6-12(4-5-14(13)18(10)3)17(2)9-11-7-15-8-11/h4-6,11,15H,7-9H2,1-3H3. The second-order valence-electron chi connectivity index (χ2n) is 5.30. The molecular weight excluding hydrogens is 224 g/mol. The molecule has 0 aliphatic carbocycles. The van der Waals surface area contributed by atoms with Gasteiger partial charge in [-0.15, -0.1) is 0 Å². The van der Waals surface area contributed by atoms with Gasteiger partial charge in [0.2, 0.25) is 0 Å². The Morgan fingerprint density at radius 2 is 2.22 bits per heavy atom. The third-order valence-corrected chi connectivity index (χ3v) is 3.93. The lowest BCUT2D eigenvalue weighted by Gasteiger charge is -2.32. The fourth-order valence-electron chi connectivity index (χ4n) is 2.52. The van der Waals surface area contributed by atoms with E-state index in [1.54, 1.807) is 0 Å². The third-order valence-electron chi connectivity index (χ3n) is 3.93. The minimum absolute atomic E-state index is 0.788. The molecule has 0 radical (unpaired) electrons. The van der Waals surface area contributed by atoms with Crippen LogP contribution in [0.1, 0.15) is 5.82 Å². The van der Waals surface area contributed by atoms with Gasteiger partial charge >= 0.3 is 0 Å². The second kappa shape index (κ2) is 4.28. The molecule has 1 aromatic heterocycles. The number of imidazole rings is 1. The number of fused-ring (bicyclic) bond motifs is 1. The maximum Gasteiger partial charge on any atom is 0.106 e. The predicted octanol–water partition coefficient (Wildman–Crippen LogP) is 1.54. The van der Waals surface area contributed by atoms with Crippen LogP contribution in [-0.2, 0) is 7.05 Å². The molecule has 0 spiro atoms. The molecule has 1 aliphatic heterocycles. The highest BCUT2D eigenvalue weighted by atomic mass is 15.1. The maximum absolute atomic E-state index is 4.59. The zero-order valence-electron chi connectivity index (χ0n) is 11.3. The lowest BCUT2D eigenvalue weighted by Crippen LogP contribution is -2.47. The van der Waals surface area contributed by atoms with Crippen LogP contribution in [0.2, 0.25) is 0 Å². The molecule has 1 aromatic carbocycles. The van der Waals surface area contributed by atoms with Crippen LogP contribution in [0.15, 0.2) is 18.2 Å². The maximum atomic E-state index is 4.59. The van der Waals surface area contributed by atoms with E-state index in [4.69, 9.17) is 0 Å². The van der Waals surface area contributed by atoms with Gasteiger partial charge in [0.1, 0.15) is 5.82 Å². The van der Waals surface area contributed by atoms with Gasteiger partial charge in [0, 0.05) is 45.3 Å². The summed E-state index contributed by atoms with van der Waals surface area (Å²) in [6.45, 7) is 5.46. The minimum atomic E-state index is 0.788. The van der Waals surface area contributed by atoms with Crippen LogP contribution in [0, 0.1) is 12.8 Å². The zero-order chi connectivity index (χ0) is 12.7. The molecule has 1 aliphatic rings. The van der Waals surface area contributed by atoms with E-state index in [9.17, 15) is 0 Å². The highest BCUT2D eigenvalue weighted by molar-refractivity contribution is 5.80. The number of benzene rings is 1. The highest BCUT2D eigenvalue weighted by Gasteiger charge is 2.18. The van der Waals surface area contributed by atoms with E-state index in [1.165, 1.54) is 11.2 Å².